The van der Waals surface area contributed by atoms with Crippen LogP contribution in [0.1, 0.15) is 70.3 Å². The van der Waals surface area contributed by atoms with E-state index in [4.69, 9.17) is 23.7 Å². The van der Waals surface area contributed by atoms with Crippen molar-refractivity contribution in [3.8, 4) is 11.5 Å². The lowest BCUT2D eigenvalue weighted by Crippen LogP contribution is -2.47. The van der Waals surface area contributed by atoms with Crippen molar-refractivity contribution < 1.29 is 38.1 Å². The van der Waals surface area contributed by atoms with Crippen molar-refractivity contribution in [2.45, 2.75) is 72.4 Å². The van der Waals surface area contributed by atoms with Gasteiger partial charge in [0.2, 0.25) is 0 Å². The van der Waals surface area contributed by atoms with Crippen LogP contribution in [0, 0.1) is 5.92 Å². The number of carbonyl (C=O) groups is 3. The number of rotatable bonds is 19. The predicted molar refractivity (Wildman–Crippen MR) is 182 cm³/mol. The largest absolute Gasteiger partial charge is 0.493 e. The van der Waals surface area contributed by atoms with E-state index in [-0.39, 0.29) is 37.6 Å². The molecule has 0 aliphatic heterocycles. The van der Waals surface area contributed by atoms with Gasteiger partial charge in [-0.25, -0.2) is 9.59 Å². The number of nitrogens with zero attached hydrogens (tertiary/aromatic N) is 2. The third kappa shape index (κ3) is 14.5. The Balaban J connectivity index is 2.09. The van der Waals surface area contributed by atoms with Crippen LogP contribution < -0.4 is 14.8 Å². The molecule has 1 N–H and O–H groups in total. The Morgan fingerprint density at radius 2 is 1.66 bits per heavy atom. The summed E-state index contributed by atoms with van der Waals surface area (Å²) in [6.07, 6.45) is 1.07. The first-order valence-electron chi connectivity index (χ1n) is 16.4. The predicted octanol–water partition coefficient (Wildman–Crippen LogP) is 6.19. The van der Waals surface area contributed by atoms with Gasteiger partial charge in [-0.3, -0.25) is 4.79 Å². The second-order valence-corrected chi connectivity index (χ2v) is 12.6. The first kappa shape index (κ1) is 39.2. The van der Waals surface area contributed by atoms with Gasteiger partial charge in [0, 0.05) is 63.8 Å². The molecule has 2 aromatic rings. The summed E-state index contributed by atoms with van der Waals surface area (Å²) >= 11 is 0. The number of amides is 3. The third-order valence-electron chi connectivity index (χ3n) is 7.34. The molecule has 0 bridgehead atoms. The van der Waals surface area contributed by atoms with Crippen molar-refractivity contribution in [3.63, 3.8) is 0 Å². The number of methoxy groups -OCH3 is 2. The van der Waals surface area contributed by atoms with Gasteiger partial charge in [-0.2, -0.15) is 0 Å². The highest BCUT2D eigenvalue weighted by atomic mass is 16.6. The van der Waals surface area contributed by atoms with Crippen molar-refractivity contribution in [1.82, 2.24) is 15.1 Å². The minimum Gasteiger partial charge on any atom is -0.493 e. The number of nitrogens with one attached hydrogen (secondary N) is 1. The molecular formula is C36H55N3O8. The Kier molecular flexibility index (Phi) is 16.9. The Morgan fingerprint density at radius 1 is 0.936 bits per heavy atom. The van der Waals surface area contributed by atoms with Gasteiger partial charge in [0.25, 0.3) is 5.91 Å². The molecule has 0 aromatic heterocycles. The minimum atomic E-state index is -0.706. The molecule has 1 atom stereocenters. The summed E-state index contributed by atoms with van der Waals surface area (Å²) in [5.74, 6) is 0.674. The Hall–Kier alpha value is -3.99. The molecule has 11 nitrogen and oxygen atoms in total. The Morgan fingerprint density at radius 3 is 2.28 bits per heavy atom. The molecule has 0 radical (unpaired) electrons. The van der Waals surface area contributed by atoms with E-state index in [1.807, 2.05) is 71.9 Å². The van der Waals surface area contributed by atoms with Crippen LogP contribution in [0.3, 0.4) is 0 Å². The number of carbonyl (C=O) groups excluding carboxylic acids is 3. The van der Waals surface area contributed by atoms with E-state index in [1.165, 1.54) is 0 Å². The van der Waals surface area contributed by atoms with Gasteiger partial charge in [-0.05, 0) is 71.2 Å². The number of hydrogen-bond acceptors (Lipinski definition) is 8. The molecule has 11 heteroatoms. The Labute approximate surface area is 280 Å². The molecule has 0 saturated heterocycles. The smallest absolute Gasteiger partial charge is 0.410 e. The standard InChI is InChI=1S/C36H55N3O8/c1-9-28(26-46-34(41)37-19-18-29-14-11-10-12-15-29)25-38(35(42)47-36(4,5)6)20-21-39(27(2)3)33(40)30-16-17-31(44-8)32(24-30)45-23-13-22-43-7/h10-12,14-17,24,27-28H,9,13,18-23,25-26H2,1-8H3,(H,37,41). The highest BCUT2D eigenvalue weighted by Gasteiger charge is 2.27. The summed E-state index contributed by atoms with van der Waals surface area (Å²) in [7, 11) is 3.19. The fourth-order valence-electron chi connectivity index (χ4n) is 4.69. The number of alkyl carbamates (subject to hydrolysis) is 1. The summed E-state index contributed by atoms with van der Waals surface area (Å²) in [5, 5.41) is 2.79. The average molecular weight is 658 g/mol. The molecule has 0 spiro atoms. The summed E-state index contributed by atoms with van der Waals surface area (Å²) in [6.45, 7) is 13.6. The molecule has 3 amide bonds. The number of ether oxygens (including phenoxy) is 5. The topological polar surface area (TPSA) is 116 Å². The second kappa shape index (κ2) is 20.3. The van der Waals surface area contributed by atoms with E-state index in [2.05, 4.69) is 5.32 Å². The monoisotopic (exact) mass is 657 g/mol. The molecule has 0 aliphatic rings. The van der Waals surface area contributed by atoms with Crippen molar-refractivity contribution in [2.24, 2.45) is 5.92 Å². The first-order chi connectivity index (χ1) is 22.4. The van der Waals surface area contributed by atoms with Crippen LogP contribution in [0.15, 0.2) is 48.5 Å². The summed E-state index contributed by atoms with van der Waals surface area (Å²) in [6, 6.07) is 14.8. The van der Waals surface area contributed by atoms with Crippen molar-refractivity contribution in [3.05, 3.63) is 59.7 Å². The summed E-state index contributed by atoms with van der Waals surface area (Å²) < 4.78 is 27.7. The summed E-state index contributed by atoms with van der Waals surface area (Å²) in [5.41, 5.74) is 0.866. The SMILES string of the molecule is CCC(COC(=O)NCCc1ccccc1)CN(CCN(C(=O)c1ccc(OC)c(OCCCOC)c1)C(C)C)C(=O)OC(C)(C)C. The highest BCUT2D eigenvalue weighted by Crippen LogP contribution is 2.29. The van der Waals surface area contributed by atoms with Gasteiger partial charge in [-0.1, -0.05) is 37.3 Å². The van der Waals surface area contributed by atoms with E-state index >= 15 is 0 Å². The van der Waals surface area contributed by atoms with E-state index in [0.717, 1.165) is 5.56 Å². The van der Waals surface area contributed by atoms with Gasteiger partial charge in [-0.15, -0.1) is 0 Å². The van der Waals surface area contributed by atoms with Crippen LogP contribution in [0.4, 0.5) is 9.59 Å². The molecule has 0 aliphatic carbocycles. The third-order valence-corrected chi connectivity index (χ3v) is 7.34. The van der Waals surface area contributed by atoms with Crippen LogP contribution >= 0.6 is 0 Å². The lowest BCUT2D eigenvalue weighted by molar-refractivity contribution is 0.0162. The van der Waals surface area contributed by atoms with Crippen LogP contribution in [-0.4, -0.2) is 99.8 Å². The zero-order chi connectivity index (χ0) is 34.8. The lowest BCUT2D eigenvalue weighted by atomic mass is 10.1. The van der Waals surface area contributed by atoms with E-state index in [9.17, 15) is 14.4 Å². The lowest BCUT2D eigenvalue weighted by Gasteiger charge is -2.33. The molecule has 2 aromatic carbocycles. The van der Waals surface area contributed by atoms with Crippen LogP contribution in [0.5, 0.6) is 11.5 Å². The van der Waals surface area contributed by atoms with Gasteiger partial charge in [0.15, 0.2) is 11.5 Å². The zero-order valence-electron chi connectivity index (χ0n) is 29.5. The van der Waals surface area contributed by atoms with Crippen molar-refractivity contribution in [2.75, 3.05) is 60.2 Å². The maximum atomic E-state index is 13.8. The van der Waals surface area contributed by atoms with Crippen LogP contribution in [0.2, 0.25) is 0 Å². The van der Waals surface area contributed by atoms with Crippen LogP contribution in [0.25, 0.3) is 0 Å². The maximum Gasteiger partial charge on any atom is 0.410 e. The molecule has 2 rings (SSSR count). The van der Waals surface area contributed by atoms with Crippen molar-refractivity contribution in [1.29, 1.82) is 0 Å². The van der Waals surface area contributed by atoms with Gasteiger partial charge in [0.1, 0.15) is 5.60 Å². The molecule has 262 valence electrons. The van der Waals surface area contributed by atoms with Gasteiger partial charge >= 0.3 is 12.2 Å². The molecule has 47 heavy (non-hydrogen) atoms. The molecule has 0 saturated carbocycles. The van der Waals surface area contributed by atoms with E-state index < -0.39 is 17.8 Å². The quantitative estimate of drug-likeness (QED) is 0.178. The van der Waals surface area contributed by atoms with Crippen molar-refractivity contribution >= 4 is 18.1 Å². The molecule has 0 heterocycles. The van der Waals surface area contributed by atoms with Gasteiger partial charge < -0.3 is 38.8 Å². The fraction of sp³-hybridized carbons (Fsp3) is 0.583. The molecule has 0 fully saturated rings. The van der Waals surface area contributed by atoms with Gasteiger partial charge in [0.05, 0.1) is 20.3 Å². The number of hydrogen-bond donors (Lipinski definition) is 1. The second-order valence-electron chi connectivity index (χ2n) is 12.6. The fourth-order valence-corrected chi connectivity index (χ4v) is 4.69. The van der Waals surface area contributed by atoms with E-state index in [1.54, 1.807) is 42.2 Å². The maximum absolute atomic E-state index is 13.8. The normalized spacial score (nSPS) is 11.9. The average Bonchev–Trinajstić information content (AvgIpc) is 3.03. The van der Waals surface area contributed by atoms with E-state index in [0.29, 0.717) is 62.6 Å². The number of benzene rings is 2. The Bertz CT molecular complexity index is 1230. The first-order valence-corrected chi connectivity index (χ1v) is 16.4. The molecule has 1 unspecified atom stereocenters. The highest BCUT2D eigenvalue weighted by molar-refractivity contribution is 5.95. The zero-order valence-corrected chi connectivity index (χ0v) is 29.5. The molecular weight excluding hydrogens is 602 g/mol. The minimum absolute atomic E-state index is 0.134. The van der Waals surface area contributed by atoms with Crippen LogP contribution in [-0.2, 0) is 20.6 Å². The summed E-state index contributed by atoms with van der Waals surface area (Å²) in [4.78, 5) is 42.8.